The summed E-state index contributed by atoms with van der Waals surface area (Å²) in [5, 5.41) is 3.25. The molecule has 56 valence electrons. The first-order chi connectivity index (χ1) is 4.93. The van der Waals surface area contributed by atoms with Crippen LogP contribution < -0.4 is 5.32 Å². The minimum Gasteiger partial charge on any atom is -0.364 e. The second-order valence-electron chi connectivity index (χ2n) is 2.48. The molecule has 0 spiro atoms. The summed E-state index contributed by atoms with van der Waals surface area (Å²) in [6, 6.07) is 0. The van der Waals surface area contributed by atoms with E-state index in [0.29, 0.717) is 12.7 Å². The molecule has 1 atom stereocenters. The molecule has 1 aliphatic heterocycles. The molecule has 0 aliphatic carbocycles. The summed E-state index contributed by atoms with van der Waals surface area (Å²) in [6.45, 7) is 2.53. The first kappa shape index (κ1) is 7.59. The standard InChI is InChI=1S/C8H13NO/c1-2-6-10-8-4-3-5-9-7-8/h1,8-9H,3-7H2/t8-/m0/s1. The smallest absolute Gasteiger partial charge is 0.107 e. The fourth-order valence-corrected chi connectivity index (χ4v) is 1.13. The molecule has 1 saturated heterocycles. The maximum atomic E-state index is 5.33. The number of hydrogen-bond donors (Lipinski definition) is 1. The molecule has 1 N–H and O–H groups in total. The monoisotopic (exact) mass is 139 g/mol. The van der Waals surface area contributed by atoms with Crippen molar-refractivity contribution in [1.82, 2.24) is 5.32 Å². The largest absolute Gasteiger partial charge is 0.364 e. The van der Waals surface area contributed by atoms with Gasteiger partial charge in [0.15, 0.2) is 0 Å². The third-order valence-electron chi connectivity index (χ3n) is 1.65. The van der Waals surface area contributed by atoms with Gasteiger partial charge in [0.25, 0.3) is 0 Å². The van der Waals surface area contributed by atoms with Crippen LogP contribution in [0.15, 0.2) is 0 Å². The molecule has 0 unspecified atom stereocenters. The van der Waals surface area contributed by atoms with Gasteiger partial charge in [-0.1, -0.05) is 5.92 Å². The Morgan fingerprint density at radius 3 is 3.20 bits per heavy atom. The summed E-state index contributed by atoms with van der Waals surface area (Å²) >= 11 is 0. The Labute approximate surface area is 62.0 Å². The summed E-state index contributed by atoms with van der Waals surface area (Å²) in [7, 11) is 0. The van der Waals surface area contributed by atoms with Gasteiger partial charge in [-0.2, -0.15) is 0 Å². The van der Waals surface area contributed by atoms with Gasteiger partial charge >= 0.3 is 0 Å². The molecule has 0 bridgehead atoms. The Balaban J connectivity index is 2.09. The van der Waals surface area contributed by atoms with E-state index in [0.717, 1.165) is 19.5 Å². The van der Waals surface area contributed by atoms with Gasteiger partial charge in [-0.3, -0.25) is 0 Å². The van der Waals surface area contributed by atoms with E-state index in [4.69, 9.17) is 11.2 Å². The average Bonchev–Trinajstić information content (AvgIpc) is 2.03. The summed E-state index contributed by atoms with van der Waals surface area (Å²) in [6.07, 6.45) is 7.75. The van der Waals surface area contributed by atoms with E-state index < -0.39 is 0 Å². The van der Waals surface area contributed by atoms with Gasteiger partial charge in [0, 0.05) is 6.54 Å². The molecule has 1 fully saturated rings. The highest BCUT2D eigenvalue weighted by atomic mass is 16.5. The van der Waals surface area contributed by atoms with Crippen LogP contribution >= 0.6 is 0 Å². The van der Waals surface area contributed by atoms with Crippen LogP contribution in [0.3, 0.4) is 0 Å². The lowest BCUT2D eigenvalue weighted by Gasteiger charge is -2.21. The second-order valence-corrected chi connectivity index (χ2v) is 2.48. The van der Waals surface area contributed by atoms with E-state index in [-0.39, 0.29) is 0 Å². The Morgan fingerprint density at radius 2 is 2.60 bits per heavy atom. The van der Waals surface area contributed by atoms with E-state index in [2.05, 4.69) is 11.2 Å². The quantitative estimate of drug-likeness (QED) is 0.559. The molecule has 0 aromatic heterocycles. The zero-order valence-electron chi connectivity index (χ0n) is 6.10. The van der Waals surface area contributed by atoms with E-state index >= 15 is 0 Å². The van der Waals surface area contributed by atoms with Gasteiger partial charge in [-0.25, -0.2) is 0 Å². The van der Waals surface area contributed by atoms with Gasteiger partial charge in [-0.05, 0) is 19.4 Å². The minimum absolute atomic E-state index is 0.352. The van der Waals surface area contributed by atoms with Crippen molar-refractivity contribution < 1.29 is 4.74 Å². The van der Waals surface area contributed by atoms with Gasteiger partial charge in [0.1, 0.15) is 6.61 Å². The summed E-state index contributed by atoms with van der Waals surface area (Å²) in [4.78, 5) is 0. The zero-order chi connectivity index (χ0) is 7.23. The molecule has 0 aromatic rings. The Hall–Kier alpha value is -0.520. The lowest BCUT2D eigenvalue weighted by molar-refractivity contribution is 0.0591. The maximum Gasteiger partial charge on any atom is 0.107 e. The highest BCUT2D eigenvalue weighted by molar-refractivity contribution is 4.84. The average molecular weight is 139 g/mol. The summed E-state index contributed by atoms with van der Waals surface area (Å²) in [5.41, 5.74) is 0. The van der Waals surface area contributed by atoms with Crippen molar-refractivity contribution in [3.8, 4) is 12.3 Å². The zero-order valence-corrected chi connectivity index (χ0v) is 6.10. The molecule has 0 radical (unpaired) electrons. The SMILES string of the molecule is C#CCO[C@H]1CCCNC1. The third-order valence-corrected chi connectivity index (χ3v) is 1.65. The van der Waals surface area contributed by atoms with Crippen molar-refractivity contribution in [2.75, 3.05) is 19.7 Å². The topological polar surface area (TPSA) is 21.3 Å². The van der Waals surface area contributed by atoms with Crippen LogP contribution in [0.1, 0.15) is 12.8 Å². The van der Waals surface area contributed by atoms with Crippen molar-refractivity contribution in [2.45, 2.75) is 18.9 Å². The van der Waals surface area contributed by atoms with Crippen LogP contribution in [0, 0.1) is 12.3 Å². The molecule has 0 saturated carbocycles. The lowest BCUT2D eigenvalue weighted by Crippen LogP contribution is -2.35. The van der Waals surface area contributed by atoms with E-state index in [1.807, 2.05) is 0 Å². The van der Waals surface area contributed by atoms with Crippen LogP contribution in [-0.2, 0) is 4.74 Å². The molecule has 10 heavy (non-hydrogen) atoms. The molecular formula is C8H13NO. The van der Waals surface area contributed by atoms with Crippen LogP contribution in [0.25, 0.3) is 0 Å². The molecule has 1 rings (SSSR count). The molecule has 0 amide bonds. The molecular weight excluding hydrogens is 126 g/mol. The highest BCUT2D eigenvalue weighted by Crippen LogP contribution is 2.04. The fourth-order valence-electron chi connectivity index (χ4n) is 1.13. The van der Waals surface area contributed by atoms with Crippen molar-refractivity contribution in [1.29, 1.82) is 0 Å². The number of rotatable bonds is 2. The summed E-state index contributed by atoms with van der Waals surface area (Å²) in [5.74, 6) is 2.46. The van der Waals surface area contributed by atoms with Crippen molar-refractivity contribution in [2.24, 2.45) is 0 Å². The maximum absolute atomic E-state index is 5.33. The highest BCUT2D eigenvalue weighted by Gasteiger charge is 2.11. The molecule has 1 heterocycles. The van der Waals surface area contributed by atoms with Crippen LogP contribution in [0.5, 0.6) is 0 Å². The van der Waals surface area contributed by atoms with Crippen LogP contribution in [-0.4, -0.2) is 25.8 Å². The Kier molecular flexibility index (Phi) is 3.28. The first-order valence-corrected chi connectivity index (χ1v) is 3.69. The molecule has 2 nitrogen and oxygen atoms in total. The van der Waals surface area contributed by atoms with Gasteiger partial charge < -0.3 is 10.1 Å². The number of terminal acetylenes is 1. The first-order valence-electron chi connectivity index (χ1n) is 3.69. The Morgan fingerprint density at radius 1 is 1.70 bits per heavy atom. The molecule has 2 heteroatoms. The predicted octanol–water partition coefficient (Wildman–Crippen LogP) is 0.388. The van der Waals surface area contributed by atoms with E-state index in [1.165, 1.54) is 6.42 Å². The predicted molar refractivity (Wildman–Crippen MR) is 40.7 cm³/mol. The van der Waals surface area contributed by atoms with E-state index in [9.17, 15) is 0 Å². The number of piperidine rings is 1. The van der Waals surface area contributed by atoms with Crippen molar-refractivity contribution in [3.63, 3.8) is 0 Å². The van der Waals surface area contributed by atoms with Crippen molar-refractivity contribution in [3.05, 3.63) is 0 Å². The normalized spacial score (nSPS) is 25.7. The number of ether oxygens (including phenoxy) is 1. The van der Waals surface area contributed by atoms with Gasteiger partial charge in [0.05, 0.1) is 6.10 Å². The molecule has 1 aliphatic rings. The third kappa shape index (κ3) is 2.38. The Bertz CT molecular complexity index is 122. The number of hydrogen-bond acceptors (Lipinski definition) is 2. The van der Waals surface area contributed by atoms with E-state index in [1.54, 1.807) is 0 Å². The van der Waals surface area contributed by atoms with Crippen LogP contribution in [0.4, 0.5) is 0 Å². The van der Waals surface area contributed by atoms with Gasteiger partial charge in [-0.15, -0.1) is 6.42 Å². The summed E-state index contributed by atoms with van der Waals surface area (Å²) < 4.78 is 5.33. The molecule has 0 aromatic carbocycles. The minimum atomic E-state index is 0.352. The number of nitrogens with one attached hydrogen (secondary N) is 1. The van der Waals surface area contributed by atoms with Crippen molar-refractivity contribution >= 4 is 0 Å². The second kappa shape index (κ2) is 4.32. The fraction of sp³-hybridized carbons (Fsp3) is 0.750. The lowest BCUT2D eigenvalue weighted by atomic mass is 10.1. The van der Waals surface area contributed by atoms with Gasteiger partial charge in [0.2, 0.25) is 0 Å². The van der Waals surface area contributed by atoms with Crippen LogP contribution in [0.2, 0.25) is 0 Å².